The molecular weight excluding hydrogens is 324 g/mol. The SMILES string of the molecule is Cc1occc1-c1nnc(SCc2ccc(-n3cccn3)cc2)o1. The Labute approximate surface area is 142 Å². The lowest BCUT2D eigenvalue weighted by molar-refractivity contribution is 0.463. The van der Waals surface area contributed by atoms with Gasteiger partial charge in [-0.15, -0.1) is 10.2 Å². The van der Waals surface area contributed by atoms with Gasteiger partial charge < -0.3 is 8.83 Å². The topological polar surface area (TPSA) is 69.9 Å². The number of aryl methyl sites for hydroxylation is 1. The first-order valence-electron chi connectivity index (χ1n) is 7.39. The first kappa shape index (κ1) is 14.8. The van der Waals surface area contributed by atoms with Crippen molar-refractivity contribution in [1.82, 2.24) is 20.0 Å². The molecule has 24 heavy (non-hydrogen) atoms. The van der Waals surface area contributed by atoms with E-state index in [1.54, 1.807) is 12.5 Å². The fourth-order valence-electron chi connectivity index (χ4n) is 2.30. The lowest BCUT2D eigenvalue weighted by Gasteiger charge is -2.03. The largest absolute Gasteiger partial charge is 0.469 e. The van der Waals surface area contributed by atoms with Crippen LogP contribution in [0, 0.1) is 6.92 Å². The molecule has 3 heterocycles. The van der Waals surface area contributed by atoms with Crippen LogP contribution < -0.4 is 0 Å². The van der Waals surface area contributed by atoms with E-state index in [0.29, 0.717) is 11.1 Å². The minimum absolute atomic E-state index is 0.484. The predicted octanol–water partition coefficient (Wildman–Crippen LogP) is 4.12. The molecule has 6 nitrogen and oxygen atoms in total. The highest BCUT2D eigenvalue weighted by atomic mass is 32.2. The fraction of sp³-hybridized carbons (Fsp3) is 0.118. The third-order valence-corrected chi connectivity index (χ3v) is 4.45. The number of thioether (sulfide) groups is 1. The summed E-state index contributed by atoms with van der Waals surface area (Å²) in [6, 6.07) is 11.9. The van der Waals surface area contributed by atoms with Crippen molar-refractivity contribution in [3.8, 4) is 17.1 Å². The summed E-state index contributed by atoms with van der Waals surface area (Å²) in [4.78, 5) is 0. The fourth-order valence-corrected chi connectivity index (χ4v) is 3.01. The van der Waals surface area contributed by atoms with Crippen molar-refractivity contribution >= 4 is 11.8 Å². The zero-order valence-electron chi connectivity index (χ0n) is 12.9. The van der Waals surface area contributed by atoms with Gasteiger partial charge in [-0.2, -0.15) is 5.10 Å². The molecule has 0 saturated heterocycles. The number of aromatic nitrogens is 4. The number of nitrogens with zero attached hydrogens (tertiary/aromatic N) is 4. The van der Waals surface area contributed by atoms with Crippen molar-refractivity contribution in [2.45, 2.75) is 17.9 Å². The molecule has 0 bridgehead atoms. The van der Waals surface area contributed by atoms with Crippen LogP contribution in [-0.2, 0) is 5.75 Å². The summed E-state index contributed by atoms with van der Waals surface area (Å²) in [6.07, 6.45) is 5.29. The highest BCUT2D eigenvalue weighted by Gasteiger charge is 2.13. The van der Waals surface area contributed by atoms with E-state index in [1.807, 2.05) is 42.1 Å². The molecule has 0 spiro atoms. The first-order valence-corrected chi connectivity index (χ1v) is 8.38. The summed E-state index contributed by atoms with van der Waals surface area (Å²) < 4.78 is 12.8. The van der Waals surface area contributed by atoms with Gasteiger partial charge in [-0.3, -0.25) is 0 Å². The van der Waals surface area contributed by atoms with Crippen molar-refractivity contribution < 1.29 is 8.83 Å². The van der Waals surface area contributed by atoms with Gasteiger partial charge in [0.15, 0.2) is 0 Å². The first-order chi connectivity index (χ1) is 11.8. The summed E-state index contributed by atoms with van der Waals surface area (Å²) in [5.41, 5.74) is 3.04. The van der Waals surface area contributed by atoms with Crippen LogP contribution in [0.5, 0.6) is 0 Å². The predicted molar refractivity (Wildman–Crippen MR) is 89.9 cm³/mol. The standard InChI is InChI=1S/C17H14N4O2S/c1-12-15(7-10-22-12)16-19-20-17(23-16)24-11-13-3-5-14(6-4-13)21-9-2-8-18-21/h2-10H,11H2,1H3. The van der Waals surface area contributed by atoms with Crippen molar-refractivity contribution in [1.29, 1.82) is 0 Å². The molecule has 1 aromatic carbocycles. The Kier molecular flexibility index (Phi) is 3.92. The van der Waals surface area contributed by atoms with Gasteiger partial charge in [0.05, 0.1) is 17.5 Å². The zero-order chi connectivity index (χ0) is 16.4. The molecule has 0 fully saturated rings. The van der Waals surface area contributed by atoms with E-state index in [0.717, 1.165) is 22.8 Å². The van der Waals surface area contributed by atoms with Gasteiger partial charge in [0.1, 0.15) is 5.76 Å². The average Bonchev–Trinajstić information content (AvgIpc) is 3.35. The van der Waals surface area contributed by atoms with Gasteiger partial charge >= 0.3 is 0 Å². The van der Waals surface area contributed by atoms with Gasteiger partial charge in [-0.05, 0) is 36.8 Å². The molecule has 4 aromatic rings. The summed E-state index contributed by atoms with van der Waals surface area (Å²) in [5, 5.41) is 12.9. The third-order valence-electron chi connectivity index (χ3n) is 3.56. The average molecular weight is 338 g/mol. The van der Waals surface area contributed by atoms with E-state index < -0.39 is 0 Å². The molecule has 4 rings (SSSR count). The number of benzene rings is 1. The lowest BCUT2D eigenvalue weighted by Crippen LogP contribution is -1.93. The second kappa shape index (κ2) is 6.37. The Bertz CT molecular complexity index is 926. The summed E-state index contributed by atoms with van der Waals surface area (Å²) >= 11 is 1.51. The maximum atomic E-state index is 5.68. The molecule has 120 valence electrons. The van der Waals surface area contributed by atoms with Crippen molar-refractivity contribution in [3.05, 3.63) is 66.4 Å². The van der Waals surface area contributed by atoms with Crippen molar-refractivity contribution in [2.24, 2.45) is 0 Å². The Morgan fingerprint density at radius 1 is 1.12 bits per heavy atom. The van der Waals surface area contributed by atoms with Gasteiger partial charge in [-0.25, -0.2) is 4.68 Å². The summed E-state index contributed by atoms with van der Waals surface area (Å²) in [7, 11) is 0. The maximum absolute atomic E-state index is 5.68. The van der Waals surface area contributed by atoms with E-state index in [4.69, 9.17) is 8.83 Å². The van der Waals surface area contributed by atoms with E-state index in [1.165, 1.54) is 17.3 Å². The monoisotopic (exact) mass is 338 g/mol. The molecule has 0 atom stereocenters. The number of rotatable bonds is 5. The minimum Gasteiger partial charge on any atom is -0.469 e. The molecular formula is C17H14N4O2S. The lowest BCUT2D eigenvalue weighted by atomic mass is 10.2. The Hall–Kier alpha value is -2.80. The van der Waals surface area contributed by atoms with E-state index in [9.17, 15) is 0 Å². The van der Waals surface area contributed by atoms with Gasteiger partial charge in [0.2, 0.25) is 0 Å². The highest BCUT2D eigenvalue weighted by molar-refractivity contribution is 7.98. The Morgan fingerprint density at radius 3 is 2.71 bits per heavy atom. The molecule has 0 radical (unpaired) electrons. The van der Waals surface area contributed by atoms with Crippen LogP contribution in [0.2, 0.25) is 0 Å². The zero-order valence-corrected chi connectivity index (χ0v) is 13.7. The van der Waals surface area contributed by atoms with Crippen LogP contribution in [0.25, 0.3) is 17.1 Å². The smallest absolute Gasteiger partial charge is 0.277 e. The van der Waals surface area contributed by atoms with E-state index >= 15 is 0 Å². The molecule has 0 aliphatic carbocycles. The third kappa shape index (κ3) is 2.98. The summed E-state index contributed by atoms with van der Waals surface area (Å²) in [6.45, 7) is 1.87. The van der Waals surface area contributed by atoms with Crippen LogP contribution >= 0.6 is 11.8 Å². The second-order valence-electron chi connectivity index (χ2n) is 5.17. The van der Waals surface area contributed by atoms with Crippen molar-refractivity contribution in [2.75, 3.05) is 0 Å². The molecule has 0 N–H and O–H groups in total. The van der Waals surface area contributed by atoms with Crippen LogP contribution in [0.3, 0.4) is 0 Å². The van der Waals surface area contributed by atoms with Crippen LogP contribution in [0.4, 0.5) is 0 Å². The molecule has 0 unspecified atom stereocenters. The second-order valence-corrected chi connectivity index (χ2v) is 6.10. The molecule has 7 heteroatoms. The Morgan fingerprint density at radius 2 is 2.00 bits per heavy atom. The van der Waals surface area contributed by atoms with Gasteiger partial charge in [-0.1, -0.05) is 23.9 Å². The normalized spacial score (nSPS) is 11.0. The van der Waals surface area contributed by atoms with Crippen molar-refractivity contribution in [3.63, 3.8) is 0 Å². The number of hydrogen-bond acceptors (Lipinski definition) is 6. The summed E-state index contributed by atoms with van der Waals surface area (Å²) in [5.74, 6) is 2.01. The highest BCUT2D eigenvalue weighted by Crippen LogP contribution is 2.28. The molecule has 0 aliphatic rings. The van der Waals surface area contributed by atoms with Gasteiger partial charge in [0, 0.05) is 18.1 Å². The molecule has 0 saturated carbocycles. The number of furan rings is 1. The number of hydrogen-bond donors (Lipinski definition) is 0. The van der Waals surface area contributed by atoms with Crippen LogP contribution in [0.1, 0.15) is 11.3 Å². The molecule has 0 aliphatic heterocycles. The Balaban J connectivity index is 1.42. The molecule has 3 aromatic heterocycles. The van der Waals surface area contributed by atoms with Crippen LogP contribution in [0.15, 0.2) is 69.1 Å². The van der Waals surface area contributed by atoms with E-state index in [2.05, 4.69) is 27.4 Å². The molecule has 0 amide bonds. The van der Waals surface area contributed by atoms with Crippen LogP contribution in [-0.4, -0.2) is 20.0 Å². The quantitative estimate of drug-likeness (QED) is 0.510. The maximum Gasteiger partial charge on any atom is 0.277 e. The minimum atomic E-state index is 0.484. The van der Waals surface area contributed by atoms with Gasteiger partial charge in [0.25, 0.3) is 11.1 Å². The van der Waals surface area contributed by atoms with E-state index in [-0.39, 0.29) is 0 Å².